The highest BCUT2D eigenvalue weighted by Crippen LogP contribution is 2.45. The van der Waals surface area contributed by atoms with Crippen LogP contribution in [0.25, 0.3) is 0 Å². The van der Waals surface area contributed by atoms with E-state index in [1.54, 1.807) is 19.2 Å². The zero-order chi connectivity index (χ0) is 20.3. The van der Waals surface area contributed by atoms with E-state index >= 15 is 0 Å². The molecule has 158 valence electrons. The Balaban J connectivity index is 1.54. The standard InChI is InChI=1S/C23H32N2O4/c1-28-20-10-6-5-9-18(20)22(27)25-15-19(23(16-25)11-13-29-14-12-23)21(26)24-17-7-3-2-4-8-17/h5-6,9-10,17,19H,2-4,7-8,11-16H2,1H3,(H,24,26). The van der Waals surface area contributed by atoms with Crippen molar-refractivity contribution in [2.24, 2.45) is 11.3 Å². The Bertz CT molecular complexity index is 738. The normalized spacial score (nSPS) is 24.4. The lowest BCUT2D eigenvalue weighted by molar-refractivity contribution is -0.130. The summed E-state index contributed by atoms with van der Waals surface area (Å²) in [5.41, 5.74) is 0.375. The third kappa shape index (κ3) is 4.13. The highest BCUT2D eigenvalue weighted by molar-refractivity contribution is 5.97. The Hall–Kier alpha value is -2.08. The van der Waals surface area contributed by atoms with Gasteiger partial charge in [-0.2, -0.15) is 0 Å². The Morgan fingerprint density at radius 2 is 1.86 bits per heavy atom. The molecule has 0 bridgehead atoms. The Labute approximate surface area is 172 Å². The second-order valence-corrected chi connectivity index (χ2v) is 8.76. The van der Waals surface area contributed by atoms with Crippen LogP contribution in [0.15, 0.2) is 24.3 Å². The molecule has 2 amide bonds. The number of carbonyl (C=O) groups is 2. The van der Waals surface area contributed by atoms with Crippen LogP contribution >= 0.6 is 0 Å². The Morgan fingerprint density at radius 3 is 2.59 bits per heavy atom. The summed E-state index contributed by atoms with van der Waals surface area (Å²) in [6.45, 7) is 2.39. The minimum Gasteiger partial charge on any atom is -0.496 e. The number of amides is 2. The van der Waals surface area contributed by atoms with Gasteiger partial charge >= 0.3 is 0 Å². The molecule has 3 fully saturated rings. The van der Waals surface area contributed by atoms with Gasteiger partial charge in [0.15, 0.2) is 0 Å². The van der Waals surface area contributed by atoms with Crippen molar-refractivity contribution >= 4 is 11.8 Å². The van der Waals surface area contributed by atoms with Gasteiger partial charge < -0.3 is 19.7 Å². The van der Waals surface area contributed by atoms with Crippen molar-refractivity contribution in [1.82, 2.24) is 10.2 Å². The zero-order valence-electron chi connectivity index (χ0n) is 17.3. The number of carbonyl (C=O) groups excluding carboxylic acids is 2. The molecule has 1 aromatic carbocycles. The van der Waals surface area contributed by atoms with E-state index in [0.717, 1.165) is 25.7 Å². The number of hydrogen-bond donors (Lipinski definition) is 1. The van der Waals surface area contributed by atoms with Gasteiger partial charge in [0.2, 0.25) is 5.91 Å². The molecule has 1 spiro atoms. The van der Waals surface area contributed by atoms with Gasteiger partial charge in [-0.1, -0.05) is 31.4 Å². The van der Waals surface area contributed by atoms with Crippen molar-refractivity contribution in [2.75, 3.05) is 33.4 Å². The van der Waals surface area contributed by atoms with Crippen molar-refractivity contribution in [3.8, 4) is 5.75 Å². The minimum absolute atomic E-state index is 0.0544. The maximum atomic E-state index is 13.3. The third-order valence-corrected chi connectivity index (χ3v) is 7.03. The van der Waals surface area contributed by atoms with Crippen LogP contribution < -0.4 is 10.1 Å². The van der Waals surface area contributed by atoms with Gasteiger partial charge in [0.25, 0.3) is 5.91 Å². The van der Waals surface area contributed by atoms with Crippen LogP contribution in [0.2, 0.25) is 0 Å². The zero-order valence-corrected chi connectivity index (χ0v) is 17.3. The minimum atomic E-state index is -0.186. The smallest absolute Gasteiger partial charge is 0.257 e. The molecule has 6 nitrogen and oxygen atoms in total. The van der Waals surface area contributed by atoms with E-state index in [1.165, 1.54) is 19.3 Å². The second kappa shape index (κ2) is 8.74. The van der Waals surface area contributed by atoms with Crippen LogP contribution in [0, 0.1) is 11.3 Å². The first-order valence-corrected chi connectivity index (χ1v) is 10.9. The first kappa shape index (κ1) is 20.2. The lowest BCUT2D eigenvalue weighted by Gasteiger charge is -2.37. The fourth-order valence-corrected chi connectivity index (χ4v) is 5.31. The predicted octanol–water partition coefficient (Wildman–Crippen LogP) is 3.01. The second-order valence-electron chi connectivity index (χ2n) is 8.76. The van der Waals surface area contributed by atoms with E-state index in [0.29, 0.717) is 37.6 Å². The van der Waals surface area contributed by atoms with Gasteiger partial charge in [-0.25, -0.2) is 0 Å². The Kier molecular flexibility index (Phi) is 6.09. The molecule has 2 heterocycles. The molecule has 1 unspecified atom stereocenters. The van der Waals surface area contributed by atoms with E-state index in [4.69, 9.17) is 9.47 Å². The molecule has 29 heavy (non-hydrogen) atoms. The van der Waals surface area contributed by atoms with Crippen molar-refractivity contribution in [1.29, 1.82) is 0 Å². The van der Waals surface area contributed by atoms with E-state index < -0.39 is 0 Å². The van der Waals surface area contributed by atoms with Crippen molar-refractivity contribution < 1.29 is 19.1 Å². The fraction of sp³-hybridized carbons (Fsp3) is 0.652. The summed E-state index contributed by atoms with van der Waals surface area (Å²) < 4.78 is 11.0. The third-order valence-electron chi connectivity index (χ3n) is 7.03. The quantitative estimate of drug-likeness (QED) is 0.844. The number of ether oxygens (including phenoxy) is 2. The molecule has 1 aromatic rings. The summed E-state index contributed by atoms with van der Waals surface area (Å²) in [6, 6.07) is 7.60. The monoisotopic (exact) mass is 400 g/mol. The number of para-hydroxylation sites is 1. The van der Waals surface area contributed by atoms with E-state index in [2.05, 4.69) is 5.32 Å². The van der Waals surface area contributed by atoms with Crippen molar-refractivity contribution in [2.45, 2.75) is 51.0 Å². The average Bonchev–Trinajstić information content (AvgIpc) is 3.13. The molecule has 0 radical (unpaired) electrons. The van der Waals surface area contributed by atoms with E-state index in [-0.39, 0.29) is 29.2 Å². The highest BCUT2D eigenvalue weighted by Gasteiger charge is 2.52. The number of nitrogens with zero attached hydrogens (tertiary/aromatic N) is 1. The molecular weight excluding hydrogens is 368 g/mol. The van der Waals surface area contributed by atoms with Crippen LogP contribution in [0.4, 0.5) is 0 Å². The molecule has 2 saturated heterocycles. The number of methoxy groups -OCH3 is 1. The summed E-state index contributed by atoms with van der Waals surface area (Å²) in [6.07, 6.45) is 7.42. The topological polar surface area (TPSA) is 67.9 Å². The van der Waals surface area contributed by atoms with Gasteiger partial charge in [-0.15, -0.1) is 0 Å². The molecule has 6 heteroatoms. The SMILES string of the molecule is COc1ccccc1C(=O)N1CC(C(=O)NC2CCCCC2)C2(CCOCC2)C1. The molecule has 1 aliphatic carbocycles. The summed E-state index contributed by atoms with van der Waals surface area (Å²) in [5, 5.41) is 3.31. The lowest BCUT2D eigenvalue weighted by Crippen LogP contribution is -2.47. The maximum Gasteiger partial charge on any atom is 0.257 e. The molecule has 2 aliphatic heterocycles. The van der Waals surface area contributed by atoms with Gasteiger partial charge in [0.1, 0.15) is 5.75 Å². The van der Waals surface area contributed by atoms with Crippen molar-refractivity contribution in [3.05, 3.63) is 29.8 Å². The number of nitrogens with one attached hydrogen (secondary N) is 1. The average molecular weight is 401 g/mol. The highest BCUT2D eigenvalue weighted by atomic mass is 16.5. The number of rotatable bonds is 4. The van der Waals surface area contributed by atoms with Gasteiger partial charge in [-0.3, -0.25) is 9.59 Å². The number of hydrogen-bond acceptors (Lipinski definition) is 4. The van der Waals surface area contributed by atoms with Crippen molar-refractivity contribution in [3.63, 3.8) is 0 Å². The molecule has 1 atom stereocenters. The molecule has 3 aliphatic rings. The van der Waals surface area contributed by atoms with Gasteiger partial charge in [0, 0.05) is 37.8 Å². The molecule has 0 aromatic heterocycles. The summed E-state index contributed by atoms with van der Waals surface area (Å²) in [7, 11) is 1.58. The van der Waals surface area contributed by atoms with E-state index in [9.17, 15) is 9.59 Å². The summed E-state index contributed by atoms with van der Waals surface area (Å²) in [5.74, 6) is 0.469. The molecule has 1 saturated carbocycles. The predicted molar refractivity (Wildman–Crippen MR) is 110 cm³/mol. The molecule has 1 N–H and O–H groups in total. The van der Waals surface area contributed by atoms with Crippen LogP contribution in [-0.2, 0) is 9.53 Å². The van der Waals surface area contributed by atoms with Crippen LogP contribution in [0.1, 0.15) is 55.3 Å². The van der Waals surface area contributed by atoms with Crippen LogP contribution in [0.5, 0.6) is 5.75 Å². The van der Waals surface area contributed by atoms with Crippen LogP contribution in [0.3, 0.4) is 0 Å². The number of likely N-dealkylation sites (tertiary alicyclic amines) is 1. The van der Waals surface area contributed by atoms with Gasteiger partial charge in [0.05, 0.1) is 18.6 Å². The summed E-state index contributed by atoms with van der Waals surface area (Å²) in [4.78, 5) is 28.4. The Morgan fingerprint density at radius 1 is 1.14 bits per heavy atom. The maximum absolute atomic E-state index is 13.3. The largest absolute Gasteiger partial charge is 0.496 e. The molecular formula is C23H32N2O4. The van der Waals surface area contributed by atoms with E-state index in [1.807, 2.05) is 17.0 Å². The molecule has 4 rings (SSSR count). The number of benzene rings is 1. The fourth-order valence-electron chi connectivity index (χ4n) is 5.31. The first-order chi connectivity index (χ1) is 14.1. The first-order valence-electron chi connectivity index (χ1n) is 10.9. The summed E-state index contributed by atoms with van der Waals surface area (Å²) >= 11 is 0. The van der Waals surface area contributed by atoms with Crippen LogP contribution in [-0.4, -0.2) is 56.2 Å². The lowest BCUT2D eigenvalue weighted by atomic mass is 9.71. The van der Waals surface area contributed by atoms with Gasteiger partial charge in [-0.05, 0) is 37.8 Å².